The zero-order valence-corrected chi connectivity index (χ0v) is 20.4. The first-order valence-corrected chi connectivity index (χ1v) is 11.8. The highest BCUT2D eigenvalue weighted by molar-refractivity contribution is 5.92. The quantitative estimate of drug-likeness (QED) is 0.375. The largest absolute Gasteiger partial charge is 0.394 e. The van der Waals surface area contributed by atoms with Crippen LogP contribution in [0.5, 0.6) is 0 Å². The Morgan fingerprint density at radius 2 is 1.86 bits per heavy atom. The Morgan fingerprint density at radius 1 is 1.08 bits per heavy atom. The van der Waals surface area contributed by atoms with E-state index in [0.29, 0.717) is 29.7 Å². The lowest BCUT2D eigenvalue weighted by atomic mass is 9.86. The molecule has 36 heavy (non-hydrogen) atoms. The van der Waals surface area contributed by atoms with Crippen molar-refractivity contribution in [3.8, 4) is 0 Å². The Balaban J connectivity index is 1.31. The van der Waals surface area contributed by atoms with Crippen LogP contribution in [0.3, 0.4) is 0 Å². The molecule has 5 rings (SSSR count). The number of H-pyrrole nitrogens is 1. The maximum absolute atomic E-state index is 12.8. The van der Waals surface area contributed by atoms with E-state index in [1.165, 1.54) is 0 Å². The zero-order valence-electron chi connectivity index (χ0n) is 20.4. The lowest BCUT2D eigenvalue weighted by Gasteiger charge is -2.32. The summed E-state index contributed by atoms with van der Waals surface area (Å²) in [5.74, 6) is -0.527. The van der Waals surface area contributed by atoms with Gasteiger partial charge in [-0.15, -0.1) is 0 Å². The summed E-state index contributed by atoms with van der Waals surface area (Å²) >= 11 is 0. The number of carbonyl (C=O) groups excluding carboxylic acids is 1. The average molecular weight is 486 g/mol. The lowest BCUT2D eigenvalue weighted by Crippen LogP contribution is -2.44. The van der Waals surface area contributed by atoms with E-state index in [9.17, 15) is 19.2 Å². The molecule has 184 valence electrons. The molecular formula is C27H27N5O4. The molecule has 9 heteroatoms. The second-order valence-electron chi connectivity index (χ2n) is 10.3. The zero-order chi connectivity index (χ0) is 25.8. The number of fused-ring (bicyclic) bond motifs is 2. The first-order chi connectivity index (χ1) is 17.0. The summed E-state index contributed by atoms with van der Waals surface area (Å²) in [6, 6.07) is 11.4. The first kappa shape index (κ1) is 23.5. The molecule has 9 nitrogen and oxygen atoms in total. The van der Waals surface area contributed by atoms with Gasteiger partial charge in [0, 0.05) is 19.6 Å². The highest BCUT2D eigenvalue weighted by Crippen LogP contribution is 2.27. The van der Waals surface area contributed by atoms with Crippen LogP contribution < -0.4 is 32.4 Å². The van der Waals surface area contributed by atoms with E-state index in [-0.39, 0.29) is 29.0 Å². The number of nitrogens with one attached hydrogen (secondary N) is 2. The second kappa shape index (κ2) is 8.44. The molecule has 0 radical (unpaired) electrons. The number of aromatic amines is 1. The van der Waals surface area contributed by atoms with E-state index in [4.69, 9.17) is 5.73 Å². The summed E-state index contributed by atoms with van der Waals surface area (Å²) in [7, 11) is 0. The molecule has 1 aromatic heterocycles. The van der Waals surface area contributed by atoms with Gasteiger partial charge in [-0.3, -0.25) is 19.2 Å². The molecule has 1 aliphatic heterocycles. The third-order valence-corrected chi connectivity index (χ3v) is 6.76. The maximum Gasteiger partial charge on any atom is 0.287 e. The van der Waals surface area contributed by atoms with Crippen molar-refractivity contribution in [2.75, 3.05) is 17.2 Å². The Bertz CT molecular complexity index is 1650. The van der Waals surface area contributed by atoms with Crippen LogP contribution in [0.4, 0.5) is 11.4 Å². The van der Waals surface area contributed by atoms with Gasteiger partial charge in [0.2, 0.25) is 0 Å². The van der Waals surface area contributed by atoms with Crippen LogP contribution in [0.2, 0.25) is 0 Å². The summed E-state index contributed by atoms with van der Waals surface area (Å²) in [5.41, 5.74) is 8.91. The van der Waals surface area contributed by atoms with Crippen molar-refractivity contribution in [1.82, 2.24) is 15.3 Å². The molecule has 0 unspecified atom stereocenters. The fourth-order valence-corrected chi connectivity index (χ4v) is 4.60. The monoisotopic (exact) mass is 485 g/mol. The third kappa shape index (κ3) is 4.06. The van der Waals surface area contributed by atoms with Crippen LogP contribution >= 0.6 is 0 Å². The molecule has 0 fully saturated rings. The van der Waals surface area contributed by atoms with Gasteiger partial charge in [-0.1, -0.05) is 45.0 Å². The van der Waals surface area contributed by atoms with E-state index in [1.54, 1.807) is 6.07 Å². The molecule has 0 bridgehead atoms. The lowest BCUT2D eigenvalue weighted by molar-refractivity contribution is 0.0940. The number of anilines is 2. The number of nitrogen functional groups attached to an aromatic ring is 1. The fraction of sp³-hybridized carbons (Fsp3) is 0.296. The van der Waals surface area contributed by atoms with Crippen molar-refractivity contribution in [2.24, 2.45) is 0 Å². The van der Waals surface area contributed by atoms with Gasteiger partial charge < -0.3 is 20.9 Å². The van der Waals surface area contributed by atoms with Crippen molar-refractivity contribution >= 4 is 28.2 Å². The number of aromatic nitrogens is 2. The number of hydrogen-bond donors (Lipinski definition) is 3. The van der Waals surface area contributed by atoms with Crippen molar-refractivity contribution < 1.29 is 4.79 Å². The Kier molecular flexibility index (Phi) is 5.50. The Labute approximate surface area is 206 Å². The van der Waals surface area contributed by atoms with E-state index < -0.39 is 16.8 Å². The second-order valence-corrected chi connectivity index (χ2v) is 10.3. The minimum Gasteiger partial charge on any atom is -0.394 e. The number of nitrogens with zero attached hydrogens (tertiary/aromatic N) is 2. The van der Waals surface area contributed by atoms with Crippen molar-refractivity contribution in [3.63, 3.8) is 0 Å². The summed E-state index contributed by atoms with van der Waals surface area (Å²) in [4.78, 5) is 57.6. The van der Waals surface area contributed by atoms with Gasteiger partial charge in [-0.25, -0.2) is 4.98 Å². The van der Waals surface area contributed by atoms with E-state index in [1.807, 2.05) is 35.2 Å². The molecule has 0 spiro atoms. The molecule has 4 aromatic rings. The minimum absolute atomic E-state index is 0.0263. The molecule has 1 aliphatic rings. The summed E-state index contributed by atoms with van der Waals surface area (Å²) in [6.45, 7) is 7.50. The third-order valence-electron chi connectivity index (χ3n) is 6.76. The highest BCUT2D eigenvalue weighted by atomic mass is 16.2. The van der Waals surface area contributed by atoms with Crippen molar-refractivity contribution in [3.05, 3.63) is 95.3 Å². The smallest absolute Gasteiger partial charge is 0.287 e. The number of carbonyl (C=O) groups is 1. The first-order valence-electron chi connectivity index (χ1n) is 11.8. The molecule has 0 saturated heterocycles. The minimum atomic E-state index is -0.623. The summed E-state index contributed by atoms with van der Waals surface area (Å²) in [5, 5.41) is 3.26. The molecule has 0 saturated carbocycles. The van der Waals surface area contributed by atoms with Gasteiger partial charge in [0.05, 0.1) is 10.9 Å². The molecule has 3 aromatic carbocycles. The van der Waals surface area contributed by atoms with Gasteiger partial charge in [0.1, 0.15) is 11.4 Å². The van der Waals surface area contributed by atoms with Crippen molar-refractivity contribution in [2.45, 2.75) is 45.7 Å². The van der Waals surface area contributed by atoms with Crippen LogP contribution in [0.25, 0.3) is 10.9 Å². The van der Waals surface area contributed by atoms with E-state index in [0.717, 1.165) is 28.7 Å². The Hall–Kier alpha value is -4.27. The molecule has 0 aliphatic carbocycles. The summed E-state index contributed by atoms with van der Waals surface area (Å²) < 4.78 is 0. The highest BCUT2D eigenvalue weighted by Gasteiger charge is 2.27. The molecule has 4 N–H and O–H groups in total. The van der Waals surface area contributed by atoms with Gasteiger partial charge in [0.15, 0.2) is 5.82 Å². The molecule has 2 heterocycles. The number of nitrogens with two attached hydrogens (primary N) is 1. The number of hydrogen-bond acceptors (Lipinski definition) is 7. The number of benzene rings is 2. The van der Waals surface area contributed by atoms with Crippen LogP contribution in [0, 0.1) is 0 Å². The van der Waals surface area contributed by atoms with Crippen LogP contribution in [0.1, 0.15) is 53.6 Å². The molecule has 1 amide bonds. The van der Waals surface area contributed by atoms with E-state index in [2.05, 4.69) is 36.1 Å². The van der Waals surface area contributed by atoms with Gasteiger partial charge in [0.25, 0.3) is 22.3 Å². The van der Waals surface area contributed by atoms with Gasteiger partial charge in [-0.2, -0.15) is 0 Å². The van der Waals surface area contributed by atoms with Crippen LogP contribution in [-0.4, -0.2) is 22.4 Å². The van der Waals surface area contributed by atoms with Crippen molar-refractivity contribution in [1.29, 1.82) is 0 Å². The average Bonchev–Trinajstić information content (AvgIpc) is 2.86. The summed E-state index contributed by atoms with van der Waals surface area (Å²) in [6.07, 6.45) is 0.722. The van der Waals surface area contributed by atoms with Gasteiger partial charge in [-0.05, 0) is 46.2 Å². The topological polar surface area (TPSA) is 138 Å². The van der Waals surface area contributed by atoms with Crippen LogP contribution in [-0.2, 0) is 24.9 Å². The Morgan fingerprint density at radius 3 is 2.58 bits per heavy atom. The predicted octanol–water partition coefficient (Wildman–Crippen LogP) is 1.89. The maximum atomic E-state index is 12.8. The molecule has 0 atom stereocenters. The predicted molar refractivity (Wildman–Crippen MR) is 139 cm³/mol. The number of rotatable bonds is 4. The molecular weight excluding hydrogens is 458 g/mol. The van der Waals surface area contributed by atoms with Crippen LogP contribution in [0.15, 0.2) is 50.8 Å². The van der Waals surface area contributed by atoms with E-state index >= 15 is 0 Å². The SMILES string of the molecule is CC(C)(C)c1ccc2nc(C(=O)NCc3ccc4c(c3)CN(c3c(N)c(=O)c3=O)CC4)[nH]c(=O)c2c1. The van der Waals surface area contributed by atoms with Gasteiger partial charge >= 0.3 is 0 Å². The normalized spacial score (nSPS) is 13.7. The fourth-order valence-electron chi connectivity index (χ4n) is 4.60. The standard InChI is InChI=1S/C27H27N5O4/c1-27(2,3)17-6-7-19-18(11-17)25(35)31-24(30-19)26(36)29-12-14-4-5-15-8-9-32(13-16(15)10-14)21-20(28)22(33)23(21)34/h4-7,10-11H,8-9,12-13,28H2,1-3H3,(H,29,36)(H,30,31,35). The number of amides is 1.